The zero-order valence-corrected chi connectivity index (χ0v) is 17.0. The molecule has 0 aromatic rings. The molecular formula is C23H36O3. The summed E-state index contributed by atoms with van der Waals surface area (Å²) in [5, 5.41) is 11.1. The molecule has 0 aliphatic heterocycles. The van der Waals surface area contributed by atoms with Gasteiger partial charge in [0.25, 0.3) is 0 Å². The van der Waals surface area contributed by atoms with Crippen LogP contribution >= 0.6 is 0 Å². The van der Waals surface area contributed by atoms with Gasteiger partial charge in [0.2, 0.25) is 0 Å². The zero-order chi connectivity index (χ0) is 18.7. The molecule has 4 rings (SSSR count). The van der Waals surface area contributed by atoms with Gasteiger partial charge in [-0.05, 0) is 92.8 Å². The van der Waals surface area contributed by atoms with Crippen LogP contribution in [0.4, 0.5) is 0 Å². The van der Waals surface area contributed by atoms with Crippen molar-refractivity contribution in [2.75, 3.05) is 0 Å². The summed E-state index contributed by atoms with van der Waals surface area (Å²) in [6.45, 7) is 8.64. The minimum atomic E-state index is -0.239. The van der Waals surface area contributed by atoms with Crippen LogP contribution in [0.2, 0.25) is 0 Å². The molecule has 0 bridgehead atoms. The van der Waals surface area contributed by atoms with Crippen molar-refractivity contribution < 1.29 is 14.6 Å². The molecule has 0 radical (unpaired) electrons. The largest absolute Gasteiger partial charge is 0.463 e. The summed E-state index contributed by atoms with van der Waals surface area (Å²) in [5.74, 6) is 2.23. The predicted molar refractivity (Wildman–Crippen MR) is 102 cm³/mol. The lowest BCUT2D eigenvalue weighted by Gasteiger charge is -2.61. The number of aliphatic hydroxyl groups is 1. The van der Waals surface area contributed by atoms with Crippen LogP contribution in [-0.4, -0.2) is 23.3 Å². The minimum absolute atomic E-state index is 0.00624. The molecule has 0 aromatic heterocycles. The third-order valence-corrected chi connectivity index (χ3v) is 9.16. The molecule has 0 amide bonds. The van der Waals surface area contributed by atoms with Gasteiger partial charge in [0, 0.05) is 6.92 Å². The molecule has 1 N–H and O–H groups in total. The predicted octanol–water partition coefficient (Wildman–Crippen LogP) is 4.88. The third-order valence-electron chi connectivity index (χ3n) is 9.16. The Morgan fingerprint density at radius 2 is 1.88 bits per heavy atom. The SMILES string of the molecule is C/C=C1/CC[C@H]2[C@@H]3C[C@@H](O)[C@H]4C[C@@H](OC(C)=O)CC[C@]4(C)[C@H]3CC[C@]12C. The summed E-state index contributed by atoms with van der Waals surface area (Å²) in [4.78, 5) is 11.4. The van der Waals surface area contributed by atoms with E-state index >= 15 is 0 Å². The van der Waals surface area contributed by atoms with E-state index in [4.69, 9.17) is 4.74 Å². The average Bonchev–Trinajstić information content (AvgIpc) is 2.92. The van der Waals surface area contributed by atoms with Crippen LogP contribution in [0.3, 0.4) is 0 Å². The van der Waals surface area contributed by atoms with Crippen LogP contribution < -0.4 is 0 Å². The summed E-state index contributed by atoms with van der Waals surface area (Å²) in [6.07, 6.45) is 11.2. The molecule has 4 saturated carbocycles. The number of hydrogen-bond acceptors (Lipinski definition) is 3. The Kier molecular flexibility index (Phi) is 4.53. The fourth-order valence-corrected chi connectivity index (χ4v) is 7.93. The van der Waals surface area contributed by atoms with Gasteiger partial charge in [0.15, 0.2) is 0 Å². The lowest BCUT2D eigenvalue weighted by molar-refractivity contribution is -0.177. The quantitative estimate of drug-likeness (QED) is 0.535. The molecule has 0 aromatic carbocycles. The second-order valence-corrected chi connectivity index (χ2v) is 10.1. The van der Waals surface area contributed by atoms with Crippen molar-refractivity contribution in [2.24, 2.45) is 34.5 Å². The second-order valence-electron chi connectivity index (χ2n) is 10.1. The first-order valence-electron chi connectivity index (χ1n) is 10.8. The van der Waals surface area contributed by atoms with Gasteiger partial charge in [0.05, 0.1) is 6.10 Å². The van der Waals surface area contributed by atoms with E-state index in [-0.39, 0.29) is 29.5 Å². The van der Waals surface area contributed by atoms with Crippen molar-refractivity contribution >= 4 is 5.97 Å². The Balaban J connectivity index is 1.59. The first-order valence-corrected chi connectivity index (χ1v) is 10.8. The third kappa shape index (κ3) is 2.60. The molecule has 0 heterocycles. The van der Waals surface area contributed by atoms with Crippen LogP contribution in [0.25, 0.3) is 0 Å². The topological polar surface area (TPSA) is 46.5 Å². The van der Waals surface area contributed by atoms with E-state index in [9.17, 15) is 9.90 Å². The van der Waals surface area contributed by atoms with Crippen molar-refractivity contribution in [3.8, 4) is 0 Å². The molecule has 4 aliphatic carbocycles. The van der Waals surface area contributed by atoms with Crippen molar-refractivity contribution in [1.29, 1.82) is 0 Å². The maximum Gasteiger partial charge on any atom is 0.302 e. The number of carbonyl (C=O) groups is 1. The molecule has 26 heavy (non-hydrogen) atoms. The van der Waals surface area contributed by atoms with E-state index in [0.29, 0.717) is 11.3 Å². The first-order chi connectivity index (χ1) is 12.3. The number of ether oxygens (including phenoxy) is 1. The van der Waals surface area contributed by atoms with E-state index < -0.39 is 0 Å². The minimum Gasteiger partial charge on any atom is -0.463 e. The molecule has 3 nitrogen and oxygen atoms in total. The highest BCUT2D eigenvalue weighted by Crippen LogP contribution is 2.67. The van der Waals surface area contributed by atoms with Crippen LogP contribution in [-0.2, 0) is 9.53 Å². The smallest absolute Gasteiger partial charge is 0.302 e. The Hall–Kier alpha value is -0.830. The summed E-state index contributed by atoms with van der Waals surface area (Å²) in [6, 6.07) is 0. The van der Waals surface area contributed by atoms with Crippen molar-refractivity contribution in [3.05, 3.63) is 11.6 Å². The van der Waals surface area contributed by atoms with E-state index in [0.717, 1.165) is 37.5 Å². The van der Waals surface area contributed by atoms with Gasteiger partial charge in [-0.2, -0.15) is 0 Å². The van der Waals surface area contributed by atoms with Gasteiger partial charge in [-0.25, -0.2) is 0 Å². The molecule has 4 aliphatic rings. The van der Waals surface area contributed by atoms with Gasteiger partial charge >= 0.3 is 5.97 Å². The highest BCUT2D eigenvalue weighted by molar-refractivity contribution is 5.66. The summed E-state index contributed by atoms with van der Waals surface area (Å²) in [7, 11) is 0. The molecule has 0 spiro atoms. The highest BCUT2D eigenvalue weighted by Gasteiger charge is 2.61. The summed E-state index contributed by atoms with van der Waals surface area (Å²) >= 11 is 0. The van der Waals surface area contributed by atoms with Gasteiger partial charge in [-0.1, -0.05) is 25.5 Å². The fourth-order valence-electron chi connectivity index (χ4n) is 7.93. The van der Waals surface area contributed by atoms with E-state index in [1.807, 2.05) is 0 Å². The number of rotatable bonds is 1. The maximum atomic E-state index is 11.4. The lowest BCUT2D eigenvalue weighted by Crippen LogP contribution is -2.58. The fraction of sp³-hybridized carbons (Fsp3) is 0.870. The number of aliphatic hydroxyl groups excluding tert-OH is 1. The first kappa shape index (κ1) is 18.5. The van der Waals surface area contributed by atoms with Crippen molar-refractivity contribution in [1.82, 2.24) is 0 Å². The number of hydrogen-bond donors (Lipinski definition) is 1. The van der Waals surface area contributed by atoms with Gasteiger partial charge < -0.3 is 9.84 Å². The Bertz CT molecular complexity index is 611. The highest BCUT2D eigenvalue weighted by atomic mass is 16.5. The van der Waals surface area contributed by atoms with Crippen LogP contribution in [0, 0.1) is 34.5 Å². The molecular weight excluding hydrogens is 324 g/mol. The van der Waals surface area contributed by atoms with Crippen LogP contribution in [0.15, 0.2) is 11.6 Å². The zero-order valence-electron chi connectivity index (χ0n) is 17.0. The average molecular weight is 361 g/mol. The van der Waals surface area contributed by atoms with Crippen molar-refractivity contribution in [3.63, 3.8) is 0 Å². The number of carbonyl (C=O) groups excluding carboxylic acids is 1. The molecule has 3 heteroatoms. The lowest BCUT2D eigenvalue weighted by atomic mass is 9.44. The number of esters is 1. The van der Waals surface area contributed by atoms with Gasteiger partial charge in [-0.3, -0.25) is 4.79 Å². The summed E-state index contributed by atoms with van der Waals surface area (Å²) in [5.41, 5.74) is 2.24. The second kappa shape index (κ2) is 6.36. The normalized spacial score (nSPS) is 52.1. The summed E-state index contributed by atoms with van der Waals surface area (Å²) < 4.78 is 5.53. The van der Waals surface area contributed by atoms with Gasteiger partial charge in [-0.15, -0.1) is 0 Å². The maximum absolute atomic E-state index is 11.4. The molecule has 8 atom stereocenters. The number of fused-ring (bicyclic) bond motifs is 5. The van der Waals surface area contributed by atoms with E-state index in [1.165, 1.54) is 32.6 Å². The monoisotopic (exact) mass is 360 g/mol. The standard InChI is InChI=1S/C23H36O3/c1-5-15-6-7-18-17-13-21(25)20-12-16(26-14(2)24)8-10-23(20,4)19(17)9-11-22(15,18)3/h5,16-21,25H,6-13H2,1-4H3/b15-5-/t16-,17-,18-,19-,20+,21+,22+,23+/m0/s1. The number of allylic oxidation sites excluding steroid dienone is 2. The molecule has 4 fully saturated rings. The Morgan fingerprint density at radius 1 is 1.12 bits per heavy atom. The Morgan fingerprint density at radius 3 is 2.58 bits per heavy atom. The molecule has 146 valence electrons. The Labute approximate surface area is 158 Å². The van der Waals surface area contributed by atoms with Crippen LogP contribution in [0.5, 0.6) is 0 Å². The molecule has 0 unspecified atom stereocenters. The van der Waals surface area contributed by atoms with Gasteiger partial charge in [0.1, 0.15) is 6.10 Å². The van der Waals surface area contributed by atoms with E-state index in [1.54, 1.807) is 5.57 Å². The van der Waals surface area contributed by atoms with Crippen LogP contribution in [0.1, 0.15) is 79.1 Å². The van der Waals surface area contributed by atoms with E-state index in [2.05, 4.69) is 26.8 Å². The molecule has 0 saturated heterocycles. The van der Waals surface area contributed by atoms with Crippen molar-refractivity contribution in [2.45, 2.75) is 91.3 Å².